The zero-order chi connectivity index (χ0) is 22.2. The van der Waals surface area contributed by atoms with Gasteiger partial charge >= 0.3 is 0 Å². The maximum atomic E-state index is 12.2. The van der Waals surface area contributed by atoms with Gasteiger partial charge in [-0.1, -0.05) is 35.9 Å². The number of anilines is 2. The molecule has 0 bridgehead atoms. The van der Waals surface area contributed by atoms with E-state index in [0.717, 1.165) is 33.1 Å². The first kappa shape index (κ1) is 22.5. The van der Waals surface area contributed by atoms with Gasteiger partial charge in [-0.2, -0.15) is 0 Å². The number of aryl methyl sites for hydroxylation is 2. The summed E-state index contributed by atoms with van der Waals surface area (Å²) < 4.78 is 11.5. The van der Waals surface area contributed by atoms with E-state index < -0.39 is 0 Å². The summed E-state index contributed by atoms with van der Waals surface area (Å²) in [5, 5.41) is 6.92. The van der Waals surface area contributed by atoms with Crippen molar-refractivity contribution in [1.29, 1.82) is 0 Å². The Bertz CT molecular complexity index is 1050. The highest BCUT2D eigenvalue weighted by molar-refractivity contribution is 6.31. The van der Waals surface area contributed by atoms with Crippen LogP contribution in [0.4, 0.5) is 11.4 Å². The topological polar surface area (TPSA) is 59.6 Å². The average Bonchev–Trinajstić information content (AvgIpc) is 2.74. The van der Waals surface area contributed by atoms with E-state index in [2.05, 4.69) is 10.6 Å². The van der Waals surface area contributed by atoms with Crippen LogP contribution in [0.15, 0.2) is 60.7 Å². The fourth-order valence-corrected chi connectivity index (χ4v) is 3.20. The van der Waals surface area contributed by atoms with Crippen LogP contribution in [-0.4, -0.2) is 19.1 Å². The quantitative estimate of drug-likeness (QED) is 0.431. The van der Waals surface area contributed by atoms with Gasteiger partial charge in [-0.15, -0.1) is 0 Å². The molecule has 0 aromatic heterocycles. The van der Waals surface area contributed by atoms with E-state index in [1.807, 2.05) is 81.4 Å². The number of benzene rings is 3. The van der Waals surface area contributed by atoms with Crippen molar-refractivity contribution in [3.8, 4) is 11.5 Å². The number of carbonyl (C=O) groups excluding carboxylic acids is 1. The Kier molecular flexibility index (Phi) is 7.79. The molecule has 0 saturated heterocycles. The van der Waals surface area contributed by atoms with Crippen molar-refractivity contribution < 1.29 is 14.3 Å². The molecule has 3 rings (SSSR count). The molecule has 0 aliphatic heterocycles. The first-order chi connectivity index (χ1) is 14.9. The highest BCUT2D eigenvalue weighted by atomic mass is 35.5. The lowest BCUT2D eigenvalue weighted by molar-refractivity contribution is -0.118. The van der Waals surface area contributed by atoms with E-state index in [4.69, 9.17) is 21.1 Å². The molecule has 0 fully saturated rings. The molecular formula is C25H27ClN2O3. The third kappa shape index (κ3) is 6.66. The van der Waals surface area contributed by atoms with Crippen molar-refractivity contribution in [3.63, 3.8) is 0 Å². The van der Waals surface area contributed by atoms with Gasteiger partial charge < -0.3 is 20.1 Å². The van der Waals surface area contributed by atoms with Crippen LogP contribution in [0.25, 0.3) is 0 Å². The van der Waals surface area contributed by atoms with Crippen LogP contribution in [0.3, 0.4) is 0 Å². The van der Waals surface area contributed by atoms with E-state index in [9.17, 15) is 4.79 Å². The van der Waals surface area contributed by atoms with Crippen molar-refractivity contribution >= 4 is 28.9 Å². The monoisotopic (exact) mass is 438 g/mol. The van der Waals surface area contributed by atoms with E-state index in [0.29, 0.717) is 24.7 Å². The zero-order valence-electron chi connectivity index (χ0n) is 18.0. The Morgan fingerprint density at radius 1 is 0.935 bits per heavy atom. The lowest BCUT2D eigenvalue weighted by Crippen LogP contribution is -2.20. The van der Waals surface area contributed by atoms with Crippen LogP contribution in [0, 0.1) is 13.8 Å². The molecule has 0 saturated carbocycles. The predicted octanol–water partition coefficient (Wildman–Crippen LogP) is 5.99. The second-order valence-electron chi connectivity index (χ2n) is 7.24. The van der Waals surface area contributed by atoms with Crippen LogP contribution in [-0.2, 0) is 11.3 Å². The van der Waals surface area contributed by atoms with Crippen LogP contribution in [0.1, 0.15) is 23.6 Å². The van der Waals surface area contributed by atoms with Crippen LogP contribution in [0.2, 0.25) is 5.02 Å². The Balaban J connectivity index is 1.61. The summed E-state index contributed by atoms with van der Waals surface area (Å²) in [6.07, 6.45) is 0. The Morgan fingerprint density at radius 2 is 1.77 bits per heavy atom. The normalized spacial score (nSPS) is 10.5. The van der Waals surface area contributed by atoms with E-state index in [-0.39, 0.29) is 12.5 Å². The van der Waals surface area contributed by atoms with Gasteiger partial charge in [-0.3, -0.25) is 4.79 Å². The molecule has 0 unspecified atom stereocenters. The van der Waals surface area contributed by atoms with Gasteiger partial charge in [0.15, 0.2) is 18.1 Å². The molecule has 0 aliphatic carbocycles. The van der Waals surface area contributed by atoms with E-state index >= 15 is 0 Å². The number of halogens is 1. The summed E-state index contributed by atoms with van der Waals surface area (Å²) in [6, 6.07) is 19.2. The first-order valence-corrected chi connectivity index (χ1v) is 10.6. The number of ether oxygens (including phenoxy) is 2. The Labute approximate surface area is 188 Å². The molecule has 1 amide bonds. The predicted molar refractivity (Wildman–Crippen MR) is 126 cm³/mol. The number of hydrogen-bond donors (Lipinski definition) is 2. The van der Waals surface area contributed by atoms with Crippen molar-refractivity contribution in [3.05, 3.63) is 82.4 Å². The van der Waals surface area contributed by atoms with Gasteiger partial charge in [-0.25, -0.2) is 0 Å². The van der Waals surface area contributed by atoms with Crippen LogP contribution < -0.4 is 20.1 Å². The van der Waals surface area contributed by atoms with Gasteiger partial charge in [0.2, 0.25) is 0 Å². The lowest BCUT2D eigenvalue weighted by Gasteiger charge is -2.14. The van der Waals surface area contributed by atoms with E-state index in [1.165, 1.54) is 0 Å². The van der Waals surface area contributed by atoms with Crippen molar-refractivity contribution in [2.24, 2.45) is 0 Å². The van der Waals surface area contributed by atoms with Crippen molar-refractivity contribution in [2.45, 2.75) is 27.3 Å². The minimum atomic E-state index is -0.227. The molecule has 0 atom stereocenters. The molecular weight excluding hydrogens is 412 g/mol. The maximum Gasteiger partial charge on any atom is 0.262 e. The minimum absolute atomic E-state index is 0.104. The zero-order valence-corrected chi connectivity index (χ0v) is 18.8. The number of nitrogens with one attached hydrogen (secondary N) is 2. The van der Waals surface area contributed by atoms with Gasteiger partial charge in [0, 0.05) is 22.9 Å². The molecule has 5 nitrogen and oxygen atoms in total. The molecule has 31 heavy (non-hydrogen) atoms. The third-order valence-corrected chi connectivity index (χ3v) is 5.04. The molecule has 0 heterocycles. The summed E-state index contributed by atoms with van der Waals surface area (Å²) in [5.41, 5.74) is 4.84. The van der Waals surface area contributed by atoms with Gasteiger partial charge in [0.05, 0.1) is 6.61 Å². The molecule has 3 aromatic rings. The highest BCUT2D eigenvalue weighted by Crippen LogP contribution is 2.29. The first-order valence-electron chi connectivity index (χ1n) is 10.2. The number of carbonyl (C=O) groups is 1. The van der Waals surface area contributed by atoms with Crippen molar-refractivity contribution in [2.75, 3.05) is 23.8 Å². The molecule has 3 aromatic carbocycles. The fourth-order valence-electron chi connectivity index (χ4n) is 3.02. The lowest BCUT2D eigenvalue weighted by atomic mass is 10.2. The average molecular weight is 439 g/mol. The smallest absolute Gasteiger partial charge is 0.262 e. The maximum absolute atomic E-state index is 12.2. The highest BCUT2D eigenvalue weighted by Gasteiger charge is 2.10. The van der Waals surface area contributed by atoms with Crippen molar-refractivity contribution in [1.82, 2.24) is 0 Å². The Morgan fingerprint density at radius 3 is 2.52 bits per heavy atom. The summed E-state index contributed by atoms with van der Waals surface area (Å²) in [6.45, 7) is 6.86. The molecule has 6 heteroatoms. The SMILES string of the molecule is CCOc1cc(CNc2ccc(C)c(Cl)c2)ccc1OCC(=O)Nc1cccc(C)c1. The fraction of sp³-hybridized carbons (Fsp3) is 0.240. The summed E-state index contributed by atoms with van der Waals surface area (Å²) in [4.78, 5) is 12.2. The molecule has 2 N–H and O–H groups in total. The number of hydrogen-bond acceptors (Lipinski definition) is 4. The summed E-state index contributed by atoms with van der Waals surface area (Å²) in [7, 11) is 0. The molecule has 0 radical (unpaired) electrons. The largest absolute Gasteiger partial charge is 0.490 e. The van der Waals surface area contributed by atoms with Crippen LogP contribution in [0.5, 0.6) is 11.5 Å². The Hall–Kier alpha value is -3.18. The van der Waals surface area contributed by atoms with Gasteiger partial charge in [0.25, 0.3) is 5.91 Å². The van der Waals surface area contributed by atoms with Gasteiger partial charge in [-0.05, 0) is 73.9 Å². The summed E-state index contributed by atoms with van der Waals surface area (Å²) >= 11 is 6.19. The minimum Gasteiger partial charge on any atom is -0.490 e. The second kappa shape index (κ2) is 10.7. The standard InChI is InChI=1S/C25H27ClN2O3/c1-4-30-24-13-19(15-27-20-10-8-18(3)22(26)14-20)9-11-23(24)31-16-25(29)28-21-7-5-6-17(2)12-21/h5-14,27H,4,15-16H2,1-3H3,(H,28,29). The number of rotatable bonds is 9. The van der Waals surface area contributed by atoms with Gasteiger partial charge in [0.1, 0.15) is 0 Å². The molecule has 0 spiro atoms. The second-order valence-corrected chi connectivity index (χ2v) is 7.65. The number of amides is 1. The third-order valence-electron chi connectivity index (χ3n) is 4.64. The molecule has 162 valence electrons. The summed E-state index contributed by atoms with van der Waals surface area (Å²) in [5.74, 6) is 0.908. The van der Waals surface area contributed by atoms with Crippen LogP contribution >= 0.6 is 11.6 Å². The molecule has 0 aliphatic rings. The van der Waals surface area contributed by atoms with E-state index in [1.54, 1.807) is 0 Å².